The Morgan fingerprint density at radius 1 is 1.62 bits per heavy atom. The Bertz CT molecular complexity index is 283. The zero-order valence-electron chi connectivity index (χ0n) is 6.26. The third-order valence-electron chi connectivity index (χ3n) is 1.11. The Labute approximate surface area is 75.6 Å². The predicted molar refractivity (Wildman–Crippen MR) is 40.5 cm³/mol. The summed E-state index contributed by atoms with van der Waals surface area (Å²) in [4.78, 5) is 14.4. The number of thiazole rings is 1. The number of amides is 1. The Morgan fingerprint density at radius 3 is 2.77 bits per heavy atom. The molecule has 0 saturated heterocycles. The number of nitrogens with zero attached hydrogens (tertiary/aromatic N) is 1. The molecule has 1 amide bonds. The van der Waals surface area contributed by atoms with E-state index >= 15 is 0 Å². The predicted octanol–water partition coefficient (Wildman–Crippen LogP) is 1.44. The van der Waals surface area contributed by atoms with Crippen molar-refractivity contribution in [3.63, 3.8) is 0 Å². The Hall–Kier alpha value is -1.11. The van der Waals surface area contributed by atoms with Gasteiger partial charge in [0.25, 0.3) is 5.91 Å². The lowest BCUT2D eigenvalue weighted by atomic mass is 10.4. The summed E-state index contributed by atoms with van der Waals surface area (Å²) in [5.41, 5.74) is 1.39. The highest BCUT2D eigenvalue weighted by atomic mass is 32.1. The third-order valence-corrected chi connectivity index (χ3v) is 1.70. The van der Waals surface area contributed by atoms with E-state index in [0.29, 0.717) is 0 Å². The van der Waals surface area contributed by atoms with Gasteiger partial charge in [-0.25, -0.2) is 4.98 Å². The van der Waals surface area contributed by atoms with Gasteiger partial charge in [0.2, 0.25) is 0 Å². The lowest BCUT2D eigenvalue weighted by Gasteiger charge is -2.06. The van der Waals surface area contributed by atoms with E-state index in [4.69, 9.17) is 0 Å². The molecule has 1 heterocycles. The molecule has 0 bridgehead atoms. The quantitative estimate of drug-likeness (QED) is 0.802. The first-order valence-electron chi connectivity index (χ1n) is 3.22. The first kappa shape index (κ1) is 9.97. The zero-order chi connectivity index (χ0) is 9.90. The van der Waals surface area contributed by atoms with Crippen LogP contribution in [0, 0.1) is 0 Å². The molecule has 0 saturated carbocycles. The van der Waals surface area contributed by atoms with Crippen LogP contribution in [0.25, 0.3) is 0 Å². The summed E-state index contributed by atoms with van der Waals surface area (Å²) in [6.45, 7) is -1.33. The Balaban J connectivity index is 2.44. The number of rotatable bonds is 2. The highest BCUT2D eigenvalue weighted by Gasteiger charge is 2.28. The molecule has 13 heavy (non-hydrogen) atoms. The third kappa shape index (κ3) is 3.41. The molecule has 1 rings (SSSR count). The largest absolute Gasteiger partial charge is 0.405 e. The second-order valence-corrected chi connectivity index (χ2v) is 2.89. The van der Waals surface area contributed by atoms with Crippen molar-refractivity contribution in [2.75, 3.05) is 6.54 Å². The van der Waals surface area contributed by atoms with E-state index in [1.165, 1.54) is 10.9 Å². The van der Waals surface area contributed by atoms with Gasteiger partial charge >= 0.3 is 6.18 Å². The van der Waals surface area contributed by atoms with E-state index in [-0.39, 0.29) is 5.69 Å². The van der Waals surface area contributed by atoms with Crippen LogP contribution < -0.4 is 5.32 Å². The van der Waals surface area contributed by atoms with Crippen LogP contribution in [0.5, 0.6) is 0 Å². The van der Waals surface area contributed by atoms with Gasteiger partial charge in [0.1, 0.15) is 12.2 Å². The molecule has 0 unspecified atom stereocenters. The summed E-state index contributed by atoms with van der Waals surface area (Å²) < 4.78 is 34.9. The van der Waals surface area contributed by atoms with Crippen LogP contribution >= 0.6 is 11.3 Å². The highest BCUT2D eigenvalue weighted by Crippen LogP contribution is 2.12. The second kappa shape index (κ2) is 3.73. The molecule has 0 aromatic carbocycles. The van der Waals surface area contributed by atoms with E-state index in [1.54, 1.807) is 5.32 Å². The molecule has 0 aliphatic heterocycles. The average Bonchev–Trinajstić information content (AvgIpc) is 2.50. The molecular formula is C6H5F3N2OS. The molecule has 0 spiro atoms. The fourth-order valence-corrected chi connectivity index (χ4v) is 1.13. The van der Waals surface area contributed by atoms with Gasteiger partial charge in [-0.15, -0.1) is 11.3 Å². The minimum atomic E-state index is -4.38. The fourth-order valence-electron chi connectivity index (χ4n) is 0.596. The average molecular weight is 210 g/mol. The number of alkyl halides is 3. The van der Waals surface area contributed by atoms with Crippen molar-refractivity contribution in [2.45, 2.75) is 6.18 Å². The summed E-state index contributed by atoms with van der Waals surface area (Å²) in [7, 11) is 0. The number of halogens is 3. The van der Waals surface area contributed by atoms with Gasteiger partial charge in [0.15, 0.2) is 0 Å². The molecule has 0 fully saturated rings. The maximum atomic E-state index is 11.6. The van der Waals surface area contributed by atoms with E-state index < -0.39 is 18.6 Å². The van der Waals surface area contributed by atoms with E-state index in [1.807, 2.05) is 0 Å². The maximum absolute atomic E-state index is 11.6. The molecule has 1 N–H and O–H groups in total. The van der Waals surface area contributed by atoms with Gasteiger partial charge < -0.3 is 5.32 Å². The van der Waals surface area contributed by atoms with Crippen molar-refractivity contribution >= 4 is 17.2 Å². The minimum Gasteiger partial charge on any atom is -0.342 e. The molecule has 1 aromatic heterocycles. The van der Waals surface area contributed by atoms with Gasteiger partial charge in [0, 0.05) is 5.38 Å². The van der Waals surface area contributed by atoms with Crippen molar-refractivity contribution in [1.29, 1.82) is 0 Å². The van der Waals surface area contributed by atoms with Gasteiger partial charge in [-0.2, -0.15) is 13.2 Å². The van der Waals surface area contributed by atoms with Crippen LogP contribution in [0.15, 0.2) is 10.9 Å². The fraction of sp³-hybridized carbons (Fsp3) is 0.333. The molecule has 72 valence electrons. The maximum Gasteiger partial charge on any atom is 0.405 e. The number of carbonyl (C=O) groups excluding carboxylic acids is 1. The summed E-state index contributed by atoms with van der Waals surface area (Å²) >= 11 is 1.15. The molecular weight excluding hydrogens is 205 g/mol. The van der Waals surface area contributed by atoms with Crippen LogP contribution in [0.3, 0.4) is 0 Å². The van der Waals surface area contributed by atoms with E-state index in [2.05, 4.69) is 4.98 Å². The number of nitrogens with one attached hydrogen (secondary N) is 1. The lowest BCUT2D eigenvalue weighted by Crippen LogP contribution is -2.33. The summed E-state index contributed by atoms with van der Waals surface area (Å²) in [5.74, 6) is -0.807. The van der Waals surface area contributed by atoms with Crippen molar-refractivity contribution < 1.29 is 18.0 Å². The Morgan fingerprint density at radius 2 is 2.31 bits per heavy atom. The highest BCUT2D eigenvalue weighted by molar-refractivity contribution is 7.07. The van der Waals surface area contributed by atoms with Crippen LogP contribution in [0.4, 0.5) is 13.2 Å². The Kier molecular flexibility index (Phi) is 2.86. The first-order chi connectivity index (χ1) is 5.99. The van der Waals surface area contributed by atoms with Gasteiger partial charge in [-0.3, -0.25) is 4.79 Å². The minimum absolute atomic E-state index is 0.00856. The lowest BCUT2D eigenvalue weighted by molar-refractivity contribution is -0.123. The monoisotopic (exact) mass is 210 g/mol. The van der Waals surface area contributed by atoms with E-state index in [9.17, 15) is 18.0 Å². The van der Waals surface area contributed by atoms with Crippen molar-refractivity contribution in [3.05, 3.63) is 16.6 Å². The first-order valence-corrected chi connectivity index (χ1v) is 4.16. The smallest absolute Gasteiger partial charge is 0.342 e. The second-order valence-electron chi connectivity index (χ2n) is 2.17. The summed E-state index contributed by atoms with van der Waals surface area (Å²) in [6, 6.07) is 0. The van der Waals surface area contributed by atoms with Crippen molar-refractivity contribution in [2.24, 2.45) is 0 Å². The molecule has 0 radical (unpaired) electrons. The van der Waals surface area contributed by atoms with Crippen LogP contribution in [-0.4, -0.2) is 23.6 Å². The number of hydrogen-bond acceptors (Lipinski definition) is 3. The van der Waals surface area contributed by atoms with Crippen LogP contribution in [0.2, 0.25) is 0 Å². The SMILES string of the molecule is O=C(NCC(F)(F)F)c1cscn1. The standard InChI is InChI=1S/C6H5F3N2OS/c7-6(8,9)2-10-5(12)4-1-13-3-11-4/h1,3H,2H2,(H,10,12). The van der Waals surface area contributed by atoms with Crippen molar-refractivity contribution in [3.8, 4) is 0 Å². The molecule has 0 atom stereocenters. The van der Waals surface area contributed by atoms with Gasteiger partial charge in [-0.05, 0) is 0 Å². The van der Waals surface area contributed by atoms with Gasteiger partial charge in [0.05, 0.1) is 5.51 Å². The molecule has 3 nitrogen and oxygen atoms in total. The molecule has 0 aliphatic carbocycles. The zero-order valence-corrected chi connectivity index (χ0v) is 7.08. The topological polar surface area (TPSA) is 42.0 Å². The molecule has 0 aliphatic rings. The molecule has 7 heteroatoms. The van der Waals surface area contributed by atoms with Crippen LogP contribution in [0.1, 0.15) is 10.5 Å². The number of aromatic nitrogens is 1. The van der Waals surface area contributed by atoms with Crippen molar-refractivity contribution in [1.82, 2.24) is 10.3 Å². The number of hydrogen-bond donors (Lipinski definition) is 1. The van der Waals surface area contributed by atoms with Crippen LogP contribution in [-0.2, 0) is 0 Å². The van der Waals surface area contributed by atoms with Gasteiger partial charge in [-0.1, -0.05) is 0 Å². The summed E-state index contributed by atoms with van der Waals surface area (Å²) in [5, 5.41) is 3.09. The normalized spacial score (nSPS) is 11.3. The number of carbonyl (C=O) groups is 1. The molecule has 1 aromatic rings. The van der Waals surface area contributed by atoms with E-state index in [0.717, 1.165) is 11.3 Å². The summed E-state index contributed by atoms with van der Waals surface area (Å²) in [6.07, 6.45) is -4.38.